The molecule has 1 fully saturated rings. The molecule has 0 unspecified atom stereocenters. The molecule has 8 heteroatoms. The maximum absolute atomic E-state index is 12.8. The van der Waals surface area contributed by atoms with E-state index < -0.39 is 0 Å². The summed E-state index contributed by atoms with van der Waals surface area (Å²) in [6, 6.07) is 10.5. The molecule has 2 N–H and O–H groups in total. The van der Waals surface area contributed by atoms with Gasteiger partial charge in [0.1, 0.15) is 5.82 Å². The molecule has 1 aromatic heterocycles. The van der Waals surface area contributed by atoms with Crippen LogP contribution in [0.3, 0.4) is 0 Å². The van der Waals surface area contributed by atoms with Crippen molar-refractivity contribution in [2.75, 3.05) is 26.2 Å². The summed E-state index contributed by atoms with van der Waals surface area (Å²) in [7, 11) is 0. The van der Waals surface area contributed by atoms with Gasteiger partial charge in [0.05, 0.1) is 18.6 Å². The van der Waals surface area contributed by atoms with Crippen molar-refractivity contribution in [1.82, 2.24) is 30.3 Å². The average molecular weight is 391 g/mol. The normalized spacial score (nSPS) is 22.0. The summed E-state index contributed by atoms with van der Waals surface area (Å²) in [6.45, 7) is 5.84. The van der Waals surface area contributed by atoms with Crippen LogP contribution < -0.4 is 10.6 Å². The second kappa shape index (κ2) is 8.82. The standard InChI is InChI=1S/C19H26N6O.ClH/c1-14-12-24(19(26)16-11-20-9-10-21-16)13-18-23-22-17(25(14)18)8-7-15-5-3-2-4-6-15;/h2-6,14,16,20-21H,7-13H2,1H3;1H/t14-,16-;/m0./s1. The highest BCUT2D eigenvalue weighted by Crippen LogP contribution is 2.23. The van der Waals surface area contributed by atoms with Crippen LogP contribution in [-0.2, 0) is 24.2 Å². The van der Waals surface area contributed by atoms with Gasteiger partial charge in [-0.2, -0.15) is 0 Å². The van der Waals surface area contributed by atoms with Crippen LogP contribution in [0.2, 0.25) is 0 Å². The van der Waals surface area contributed by atoms with Crippen LogP contribution in [-0.4, -0.2) is 57.8 Å². The monoisotopic (exact) mass is 390 g/mol. The Labute approximate surface area is 165 Å². The Hall–Kier alpha value is -1.96. The molecule has 4 rings (SSSR count). The number of halogens is 1. The van der Waals surface area contributed by atoms with Crippen molar-refractivity contribution in [3.05, 3.63) is 47.5 Å². The van der Waals surface area contributed by atoms with Crippen LogP contribution in [0.15, 0.2) is 30.3 Å². The highest BCUT2D eigenvalue weighted by Gasteiger charge is 2.32. The third-order valence-corrected chi connectivity index (χ3v) is 5.23. The van der Waals surface area contributed by atoms with Crippen molar-refractivity contribution in [2.45, 2.75) is 38.4 Å². The number of nitrogens with one attached hydrogen (secondary N) is 2. The summed E-state index contributed by atoms with van der Waals surface area (Å²) in [5, 5.41) is 15.4. The Balaban J connectivity index is 0.00000210. The summed E-state index contributed by atoms with van der Waals surface area (Å²) >= 11 is 0. The number of fused-ring (bicyclic) bond motifs is 1. The van der Waals surface area contributed by atoms with E-state index >= 15 is 0 Å². The first-order chi connectivity index (χ1) is 12.7. The molecule has 1 saturated heterocycles. The number of aromatic nitrogens is 3. The van der Waals surface area contributed by atoms with E-state index in [1.165, 1.54) is 5.56 Å². The number of hydrogen-bond acceptors (Lipinski definition) is 5. The topological polar surface area (TPSA) is 75.1 Å². The highest BCUT2D eigenvalue weighted by molar-refractivity contribution is 5.85. The van der Waals surface area contributed by atoms with Gasteiger partial charge in [-0.15, -0.1) is 22.6 Å². The van der Waals surface area contributed by atoms with Crippen molar-refractivity contribution in [3.63, 3.8) is 0 Å². The molecule has 3 heterocycles. The number of rotatable bonds is 4. The number of carbonyl (C=O) groups is 1. The molecule has 2 atom stereocenters. The maximum atomic E-state index is 12.8. The van der Waals surface area contributed by atoms with Gasteiger partial charge in [0.2, 0.25) is 5.91 Å². The number of carbonyl (C=O) groups excluding carboxylic acids is 1. The van der Waals surface area contributed by atoms with Crippen LogP contribution >= 0.6 is 12.4 Å². The number of aryl methyl sites for hydroxylation is 2. The first-order valence-electron chi connectivity index (χ1n) is 9.42. The maximum Gasteiger partial charge on any atom is 0.241 e. The predicted molar refractivity (Wildman–Crippen MR) is 106 cm³/mol. The molecule has 2 aliphatic rings. The first kappa shape index (κ1) is 19.8. The van der Waals surface area contributed by atoms with Gasteiger partial charge in [-0.05, 0) is 18.9 Å². The van der Waals surface area contributed by atoms with Gasteiger partial charge in [0.25, 0.3) is 0 Å². The molecule has 2 aliphatic heterocycles. The fourth-order valence-electron chi connectivity index (χ4n) is 3.90. The lowest BCUT2D eigenvalue weighted by atomic mass is 10.1. The fraction of sp³-hybridized carbons (Fsp3) is 0.526. The first-order valence-corrected chi connectivity index (χ1v) is 9.42. The Morgan fingerprint density at radius 1 is 1.19 bits per heavy atom. The summed E-state index contributed by atoms with van der Waals surface area (Å²) in [5.74, 6) is 2.06. The zero-order chi connectivity index (χ0) is 17.9. The van der Waals surface area contributed by atoms with Crippen molar-refractivity contribution in [2.24, 2.45) is 0 Å². The number of nitrogens with zero attached hydrogens (tertiary/aromatic N) is 4. The van der Waals surface area contributed by atoms with E-state index in [1.54, 1.807) is 0 Å². The summed E-state index contributed by atoms with van der Waals surface area (Å²) in [5.41, 5.74) is 1.31. The van der Waals surface area contributed by atoms with Crippen LogP contribution in [0.1, 0.15) is 30.2 Å². The summed E-state index contributed by atoms with van der Waals surface area (Å²) in [4.78, 5) is 14.7. The van der Waals surface area contributed by atoms with E-state index in [0.717, 1.165) is 37.6 Å². The lowest BCUT2D eigenvalue weighted by molar-refractivity contribution is -0.135. The molecule has 27 heavy (non-hydrogen) atoms. The van der Waals surface area contributed by atoms with Crippen molar-refractivity contribution in [3.8, 4) is 0 Å². The lowest BCUT2D eigenvalue weighted by Gasteiger charge is -2.36. The third-order valence-electron chi connectivity index (χ3n) is 5.23. The van der Waals surface area contributed by atoms with E-state index in [2.05, 4.69) is 56.6 Å². The van der Waals surface area contributed by atoms with E-state index in [4.69, 9.17) is 0 Å². The van der Waals surface area contributed by atoms with Crippen LogP contribution in [0.4, 0.5) is 0 Å². The van der Waals surface area contributed by atoms with E-state index in [1.807, 2.05) is 11.0 Å². The fourth-order valence-corrected chi connectivity index (χ4v) is 3.90. The third kappa shape index (κ3) is 4.31. The molecular formula is C19H27ClN6O. The zero-order valence-electron chi connectivity index (χ0n) is 15.6. The van der Waals surface area contributed by atoms with Gasteiger partial charge in [-0.3, -0.25) is 4.79 Å². The Morgan fingerprint density at radius 2 is 2.00 bits per heavy atom. The van der Waals surface area contributed by atoms with Gasteiger partial charge < -0.3 is 20.1 Å². The molecule has 0 radical (unpaired) electrons. The largest absolute Gasteiger partial charge is 0.332 e. The van der Waals surface area contributed by atoms with E-state index in [0.29, 0.717) is 19.6 Å². The molecule has 0 aliphatic carbocycles. The number of amides is 1. The zero-order valence-corrected chi connectivity index (χ0v) is 16.4. The Bertz CT molecular complexity index is 759. The van der Waals surface area contributed by atoms with Crippen molar-refractivity contribution in [1.29, 1.82) is 0 Å². The molecule has 0 bridgehead atoms. The Morgan fingerprint density at radius 3 is 2.74 bits per heavy atom. The minimum atomic E-state index is -0.136. The van der Waals surface area contributed by atoms with Crippen LogP contribution in [0.25, 0.3) is 0 Å². The van der Waals surface area contributed by atoms with E-state index in [9.17, 15) is 4.79 Å². The molecule has 2 aromatic rings. The minimum Gasteiger partial charge on any atom is -0.332 e. The predicted octanol–water partition coefficient (Wildman–Crippen LogP) is 0.950. The molecule has 146 valence electrons. The van der Waals surface area contributed by atoms with Gasteiger partial charge in [-0.1, -0.05) is 30.3 Å². The SMILES string of the molecule is C[C@H]1CN(C(=O)[C@@H]2CNCCN2)Cc2nnc(CCc3ccccc3)n21.Cl. The minimum absolute atomic E-state index is 0. The smallest absolute Gasteiger partial charge is 0.241 e. The molecular weight excluding hydrogens is 364 g/mol. The number of hydrogen-bond donors (Lipinski definition) is 2. The quantitative estimate of drug-likeness (QED) is 0.813. The molecule has 7 nitrogen and oxygen atoms in total. The number of piperazine rings is 1. The summed E-state index contributed by atoms with van der Waals surface area (Å²) < 4.78 is 2.22. The van der Waals surface area contributed by atoms with Gasteiger partial charge in [0, 0.05) is 32.6 Å². The number of benzene rings is 1. The highest BCUT2D eigenvalue weighted by atomic mass is 35.5. The van der Waals surface area contributed by atoms with E-state index in [-0.39, 0.29) is 30.4 Å². The van der Waals surface area contributed by atoms with Crippen molar-refractivity contribution < 1.29 is 4.79 Å². The van der Waals surface area contributed by atoms with Gasteiger partial charge in [0.15, 0.2) is 5.82 Å². The second-order valence-corrected chi connectivity index (χ2v) is 7.17. The molecule has 1 aromatic carbocycles. The molecule has 1 amide bonds. The van der Waals surface area contributed by atoms with Gasteiger partial charge in [-0.25, -0.2) is 0 Å². The lowest BCUT2D eigenvalue weighted by Crippen LogP contribution is -2.57. The Kier molecular flexibility index (Phi) is 6.46. The molecule has 0 saturated carbocycles. The molecule has 0 spiro atoms. The van der Waals surface area contributed by atoms with Crippen LogP contribution in [0.5, 0.6) is 0 Å². The summed E-state index contributed by atoms with van der Waals surface area (Å²) in [6.07, 6.45) is 1.81. The second-order valence-electron chi connectivity index (χ2n) is 7.17. The average Bonchev–Trinajstić information content (AvgIpc) is 3.11. The van der Waals surface area contributed by atoms with Crippen LogP contribution in [0, 0.1) is 0 Å². The van der Waals surface area contributed by atoms with Crippen molar-refractivity contribution >= 4 is 18.3 Å². The van der Waals surface area contributed by atoms with Gasteiger partial charge >= 0.3 is 0 Å².